The van der Waals surface area contributed by atoms with E-state index in [4.69, 9.17) is 14.2 Å². The first kappa shape index (κ1) is 17.7. The Bertz CT molecular complexity index is 713. The summed E-state index contributed by atoms with van der Waals surface area (Å²) in [5.41, 5.74) is 3.10. The highest BCUT2D eigenvalue weighted by Gasteiger charge is 2.07. The van der Waals surface area contributed by atoms with E-state index >= 15 is 0 Å². The molecule has 0 radical (unpaired) electrons. The van der Waals surface area contributed by atoms with E-state index in [1.807, 2.05) is 50.2 Å². The third-order valence-corrected chi connectivity index (χ3v) is 3.63. The van der Waals surface area contributed by atoms with Gasteiger partial charge in [0, 0.05) is 6.54 Å². The molecule has 0 aliphatic carbocycles. The fraction of sp³-hybridized carbons (Fsp3) is 0.316. The molecule has 1 amide bonds. The second-order valence-electron chi connectivity index (χ2n) is 5.52. The van der Waals surface area contributed by atoms with Crippen molar-refractivity contribution < 1.29 is 19.0 Å². The molecule has 5 heteroatoms. The molecule has 0 aliphatic rings. The maximum Gasteiger partial charge on any atom is 0.258 e. The second-order valence-corrected chi connectivity index (χ2v) is 5.52. The molecule has 0 saturated carbocycles. The van der Waals surface area contributed by atoms with Gasteiger partial charge in [0.15, 0.2) is 18.1 Å². The average molecular weight is 329 g/mol. The number of ether oxygens (including phenoxy) is 3. The van der Waals surface area contributed by atoms with Crippen LogP contribution in [-0.2, 0) is 11.3 Å². The van der Waals surface area contributed by atoms with Crippen LogP contribution in [0.3, 0.4) is 0 Å². The van der Waals surface area contributed by atoms with Gasteiger partial charge in [-0.25, -0.2) is 0 Å². The van der Waals surface area contributed by atoms with Crippen LogP contribution in [-0.4, -0.2) is 26.7 Å². The molecule has 5 nitrogen and oxygen atoms in total. The highest BCUT2D eigenvalue weighted by molar-refractivity contribution is 5.77. The third-order valence-electron chi connectivity index (χ3n) is 3.63. The summed E-state index contributed by atoms with van der Waals surface area (Å²) < 4.78 is 16.0. The largest absolute Gasteiger partial charge is 0.493 e. The number of aryl methyl sites for hydroxylation is 2. The Hall–Kier alpha value is -2.69. The van der Waals surface area contributed by atoms with Gasteiger partial charge in [-0.05, 0) is 43.2 Å². The lowest BCUT2D eigenvalue weighted by atomic mass is 10.1. The van der Waals surface area contributed by atoms with Crippen molar-refractivity contribution in [1.82, 2.24) is 5.32 Å². The Labute approximate surface area is 142 Å². The van der Waals surface area contributed by atoms with Gasteiger partial charge in [-0.15, -0.1) is 0 Å². The molecule has 0 saturated heterocycles. The number of carbonyl (C=O) groups excluding carboxylic acids is 1. The van der Waals surface area contributed by atoms with Crippen LogP contribution < -0.4 is 19.5 Å². The molecule has 0 heterocycles. The predicted molar refractivity (Wildman–Crippen MR) is 92.8 cm³/mol. The Morgan fingerprint density at radius 2 is 1.67 bits per heavy atom. The van der Waals surface area contributed by atoms with Gasteiger partial charge >= 0.3 is 0 Å². The normalized spacial score (nSPS) is 10.2. The van der Waals surface area contributed by atoms with Crippen molar-refractivity contribution in [3.05, 3.63) is 53.1 Å². The maximum atomic E-state index is 12.0. The van der Waals surface area contributed by atoms with Gasteiger partial charge < -0.3 is 19.5 Å². The molecule has 0 bridgehead atoms. The molecule has 0 fully saturated rings. The standard InChI is InChI=1S/C19H23NO4/c1-13-5-7-16(14(2)9-13)24-12-19(21)20-11-15-6-8-17(22-3)18(10-15)23-4/h5-10H,11-12H2,1-4H3,(H,20,21). The van der Waals surface area contributed by atoms with Gasteiger partial charge in [0.05, 0.1) is 14.2 Å². The lowest BCUT2D eigenvalue weighted by Crippen LogP contribution is -2.28. The zero-order valence-electron chi connectivity index (χ0n) is 14.5. The van der Waals surface area contributed by atoms with Crippen LogP contribution in [0.1, 0.15) is 16.7 Å². The number of hydrogen-bond acceptors (Lipinski definition) is 4. The summed E-state index contributed by atoms with van der Waals surface area (Å²) in [7, 11) is 3.17. The van der Waals surface area contributed by atoms with Crippen LogP contribution >= 0.6 is 0 Å². The average Bonchev–Trinajstić information content (AvgIpc) is 2.58. The van der Waals surface area contributed by atoms with Crippen LogP contribution in [0.25, 0.3) is 0 Å². The van der Waals surface area contributed by atoms with Crippen LogP contribution in [0.15, 0.2) is 36.4 Å². The molecule has 0 aliphatic heterocycles. The van der Waals surface area contributed by atoms with Crippen LogP contribution in [0, 0.1) is 13.8 Å². The van der Waals surface area contributed by atoms with Crippen LogP contribution in [0.5, 0.6) is 17.2 Å². The predicted octanol–water partition coefficient (Wildman–Crippen LogP) is 3.02. The quantitative estimate of drug-likeness (QED) is 0.848. The van der Waals surface area contributed by atoms with Crippen molar-refractivity contribution in [2.75, 3.05) is 20.8 Å². The summed E-state index contributed by atoms with van der Waals surface area (Å²) >= 11 is 0. The lowest BCUT2D eigenvalue weighted by molar-refractivity contribution is -0.123. The van der Waals surface area contributed by atoms with E-state index in [1.54, 1.807) is 14.2 Å². The van der Waals surface area contributed by atoms with Gasteiger partial charge in [-0.2, -0.15) is 0 Å². The second kappa shape index (κ2) is 8.24. The minimum absolute atomic E-state index is 0.0167. The number of benzene rings is 2. The summed E-state index contributed by atoms with van der Waals surface area (Å²) in [6.07, 6.45) is 0. The SMILES string of the molecule is COc1ccc(CNC(=O)COc2ccc(C)cc2C)cc1OC. The molecule has 0 atom stereocenters. The van der Waals surface area contributed by atoms with Gasteiger partial charge in [0.25, 0.3) is 5.91 Å². The van der Waals surface area contributed by atoms with E-state index in [9.17, 15) is 4.79 Å². The summed E-state index contributed by atoms with van der Waals surface area (Å²) in [4.78, 5) is 12.0. The Kier molecular flexibility index (Phi) is 6.07. The first-order chi connectivity index (χ1) is 11.5. The van der Waals surface area contributed by atoms with E-state index < -0.39 is 0 Å². The molecule has 0 aromatic heterocycles. The number of amides is 1. The van der Waals surface area contributed by atoms with E-state index in [1.165, 1.54) is 0 Å². The number of hydrogen-bond donors (Lipinski definition) is 1. The molecule has 2 aromatic rings. The summed E-state index contributed by atoms with van der Waals surface area (Å²) in [6.45, 7) is 4.36. The highest BCUT2D eigenvalue weighted by atomic mass is 16.5. The first-order valence-corrected chi connectivity index (χ1v) is 7.71. The fourth-order valence-electron chi connectivity index (χ4n) is 2.35. The Morgan fingerprint density at radius 3 is 2.33 bits per heavy atom. The smallest absolute Gasteiger partial charge is 0.258 e. The molecule has 128 valence electrons. The number of carbonyl (C=O) groups is 1. The van der Waals surface area contributed by atoms with Gasteiger partial charge in [-0.1, -0.05) is 23.8 Å². The lowest BCUT2D eigenvalue weighted by Gasteiger charge is -2.12. The summed E-state index contributed by atoms with van der Waals surface area (Å²) in [6, 6.07) is 11.4. The van der Waals surface area contributed by atoms with E-state index in [0.29, 0.717) is 18.0 Å². The Balaban J connectivity index is 1.87. The minimum Gasteiger partial charge on any atom is -0.493 e. The van der Waals surface area contributed by atoms with E-state index in [2.05, 4.69) is 5.32 Å². The number of nitrogens with one attached hydrogen (secondary N) is 1. The first-order valence-electron chi connectivity index (χ1n) is 7.71. The van der Waals surface area contributed by atoms with Gasteiger partial charge in [0.2, 0.25) is 0 Å². The van der Waals surface area contributed by atoms with Crippen molar-refractivity contribution in [3.63, 3.8) is 0 Å². The Morgan fingerprint density at radius 1 is 0.958 bits per heavy atom. The molecule has 0 unspecified atom stereocenters. The topological polar surface area (TPSA) is 56.8 Å². The zero-order chi connectivity index (χ0) is 17.5. The number of rotatable bonds is 7. The molecule has 0 spiro atoms. The van der Waals surface area contributed by atoms with E-state index in [0.717, 1.165) is 22.4 Å². The van der Waals surface area contributed by atoms with Crippen molar-refractivity contribution in [2.24, 2.45) is 0 Å². The molecule has 24 heavy (non-hydrogen) atoms. The summed E-state index contributed by atoms with van der Waals surface area (Å²) in [5.74, 6) is 1.84. The monoisotopic (exact) mass is 329 g/mol. The number of methoxy groups -OCH3 is 2. The zero-order valence-corrected chi connectivity index (χ0v) is 14.5. The van der Waals surface area contributed by atoms with Gasteiger partial charge in [0.1, 0.15) is 5.75 Å². The third kappa shape index (κ3) is 4.65. The molecular weight excluding hydrogens is 306 g/mol. The van der Waals surface area contributed by atoms with Crippen LogP contribution in [0.4, 0.5) is 0 Å². The summed E-state index contributed by atoms with van der Waals surface area (Å²) in [5, 5.41) is 2.83. The molecule has 1 N–H and O–H groups in total. The molecular formula is C19H23NO4. The molecule has 2 rings (SSSR count). The van der Waals surface area contributed by atoms with Crippen molar-refractivity contribution in [2.45, 2.75) is 20.4 Å². The minimum atomic E-state index is -0.176. The fourth-order valence-corrected chi connectivity index (χ4v) is 2.35. The highest BCUT2D eigenvalue weighted by Crippen LogP contribution is 2.27. The van der Waals surface area contributed by atoms with Gasteiger partial charge in [-0.3, -0.25) is 4.79 Å². The van der Waals surface area contributed by atoms with Crippen molar-refractivity contribution >= 4 is 5.91 Å². The van der Waals surface area contributed by atoms with Crippen LogP contribution in [0.2, 0.25) is 0 Å². The maximum absolute atomic E-state index is 12.0. The van der Waals surface area contributed by atoms with E-state index in [-0.39, 0.29) is 12.5 Å². The van der Waals surface area contributed by atoms with Crippen molar-refractivity contribution in [3.8, 4) is 17.2 Å². The van der Waals surface area contributed by atoms with Crippen molar-refractivity contribution in [1.29, 1.82) is 0 Å². The molecule has 2 aromatic carbocycles.